The van der Waals surface area contributed by atoms with E-state index in [0.29, 0.717) is 17.4 Å². The van der Waals surface area contributed by atoms with Gasteiger partial charge in [-0.15, -0.1) is 0 Å². The fourth-order valence-corrected chi connectivity index (χ4v) is 5.78. The normalized spacial score (nSPS) is 26.7. The van der Waals surface area contributed by atoms with Gasteiger partial charge in [0, 0.05) is 37.6 Å². The molecule has 1 aromatic heterocycles. The number of amides is 1. The Morgan fingerprint density at radius 3 is 2.67 bits per heavy atom. The molecule has 2 aromatic carbocycles. The van der Waals surface area contributed by atoms with E-state index in [1.165, 1.54) is 6.42 Å². The highest BCUT2D eigenvalue weighted by Crippen LogP contribution is 2.51. The molecule has 2 fully saturated rings. The number of H-pyrrole nitrogens is 1. The smallest absolute Gasteiger partial charge is 0.248 e. The maximum absolute atomic E-state index is 11.8. The van der Waals surface area contributed by atoms with Crippen molar-refractivity contribution in [2.24, 2.45) is 17.6 Å². The molecule has 3 N–H and O–H groups in total. The number of carbonyl (C=O) groups excluding carboxylic acids is 1. The van der Waals surface area contributed by atoms with Gasteiger partial charge < -0.3 is 15.5 Å². The Bertz CT molecular complexity index is 1030. The molecular weight excluding hydrogens is 376 g/mol. The summed E-state index contributed by atoms with van der Waals surface area (Å²) in [6, 6.07) is 15.9. The van der Waals surface area contributed by atoms with Crippen molar-refractivity contribution in [2.45, 2.75) is 31.4 Å². The van der Waals surface area contributed by atoms with Crippen LogP contribution in [-0.4, -0.2) is 41.0 Å². The van der Waals surface area contributed by atoms with Crippen molar-refractivity contribution in [1.29, 1.82) is 0 Å². The predicted molar refractivity (Wildman–Crippen MR) is 116 cm³/mol. The third-order valence-corrected chi connectivity index (χ3v) is 7.02. The molecule has 0 spiro atoms. The number of methoxy groups -OCH3 is 1. The molecule has 156 valence electrons. The van der Waals surface area contributed by atoms with Crippen LogP contribution in [0, 0.1) is 11.8 Å². The Morgan fingerprint density at radius 1 is 1.20 bits per heavy atom. The first kappa shape index (κ1) is 19.3. The Kier molecular flexibility index (Phi) is 4.83. The van der Waals surface area contributed by atoms with Gasteiger partial charge in [0.25, 0.3) is 0 Å². The number of imidazole rings is 1. The van der Waals surface area contributed by atoms with Gasteiger partial charge in [0.1, 0.15) is 11.4 Å². The average Bonchev–Trinajstić information content (AvgIpc) is 3.15. The van der Waals surface area contributed by atoms with E-state index in [1.807, 2.05) is 37.4 Å². The molecule has 1 amide bonds. The number of carbonyl (C=O) groups is 1. The third kappa shape index (κ3) is 3.11. The van der Waals surface area contributed by atoms with Crippen LogP contribution in [0.2, 0.25) is 0 Å². The molecule has 0 radical (unpaired) electrons. The second-order valence-electron chi connectivity index (χ2n) is 8.66. The highest BCUT2D eigenvalue weighted by Gasteiger charge is 2.53. The zero-order valence-corrected chi connectivity index (χ0v) is 17.3. The first-order valence-electron chi connectivity index (χ1n) is 10.7. The minimum Gasteiger partial charge on any atom is -0.373 e. The molecule has 1 unspecified atom stereocenters. The fraction of sp³-hybridized carbons (Fsp3) is 0.417. The number of rotatable bonds is 5. The average molecular weight is 405 g/mol. The van der Waals surface area contributed by atoms with E-state index in [9.17, 15) is 4.79 Å². The van der Waals surface area contributed by atoms with Crippen molar-refractivity contribution in [3.05, 3.63) is 65.5 Å². The Morgan fingerprint density at radius 2 is 1.97 bits per heavy atom. The molecule has 30 heavy (non-hydrogen) atoms. The molecule has 3 aromatic rings. The van der Waals surface area contributed by atoms with E-state index in [-0.39, 0.29) is 5.60 Å². The van der Waals surface area contributed by atoms with E-state index in [2.05, 4.69) is 22.0 Å². The van der Waals surface area contributed by atoms with Crippen molar-refractivity contribution in [3.63, 3.8) is 0 Å². The number of aromatic nitrogens is 2. The summed E-state index contributed by atoms with van der Waals surface area (Å²) in [5.74, 6) is 1.34. The van der Waals surface area contributed by atoms with E-state index in [1.54, 1.807) is 6.07 Å². The molecule has 1 saturated carbocycles. The number of hydrogen-bond acceptors (Lipinski definition) is 4. The highest BCUT2D eigenvalue weighted by atomic mass is 16.5. The highest BCUT2D eigenvalue weighted by molar-refractivity contribution is 5.93. The van der Waals surface area contributed by atoms with E-state index < -0.39 is 5.91 Å². The largest absolute Gasteiger partial charge is 0.373 e. The summed E-state index contributed by atoms with van der Waals surface area (Å²) in [4.78, 5) is 22.5. The lowest BCUT2D eigenvalue weighted by molar-refractivity contribution is -0.170. The summed E-state index contributed by atoms with van der Waals surface area (Å²) >= 11 is 0. The summed E-state index contributed by atoms with van der Waals surface area (Å²) in [5, 5.41) is 0. The maximum atomic E-state index is 11.8. The molecule has 1 saturated heterocycles. The maximum Gasteiger partial charge on any atom is 0.248 e. The van der Waals surface area contributed by atoms with Crippen molar-refractivity contribution < 1.29 is 9.53 Å². The van der Waals surface area contributed by atoms with Crippen molar-refractivity contribution in [2.75, 3.05) is 20.2 Å². The van der Waals surface area contributed by atoms with Gasteiger partial charge in [0.05, 0.1) is 17.6 Å². The monoisotopic (exact) mass is 404 g/mol. The van der Waals surface area contributed by atoms with Crippen LogP contribution in [0.15, 0.2) is 48.5 Å². The molecule has 6 nitrogen and oxygen atoms in total. The van der Waals surface area contributed by atoms with Gasteiger partial charge in [0.2, 0.25) is 5.91 Å². The zero-order chi connectivity index (χ0) is 20.7. The van der Waals surface area contributed by atoms with E-state index in [4.69, 9.17) is 15.5 Å². The topological polar surface area (TPSA) is 84.2 Å². The molecule has 3 atom stereocenters. The summed E-state index contributed by atoms with van der Waals surface area (Å²) in [7, 11) is 1.82. The van der Waals surface area contributed by atoms with Gasteiger partial charge >= 0.3 is 0 Å². The van der Waals surface area contributed by atoms with Gasteiger partial charge in [-0.1, -0.05) is 30.7 Å². The van der Waals surface area contributed by atoms with Gasteiger partial charge in [-0.3, -0.25) is 9.69 Å². The van der Waals surface area contributed by atoms with Crippen LogP contribution in [0.5, 0.6) is 0 Å². The minimum atomic E-state index is -0.393. The van der Waals surface area contributed by atoms with Gasteiger partial charge in [0.15, 0.2) is 0 Å². The number of primary amides is 1. The Hall–Kier alpha value is -2.70. The molecule has 6 heteroatoms. The molecule has 5 rings (SSSR count). The summed E-state index contributed by atoms with van der Waals surface area (Å²) in [5.41, 5.74) is 8.91. The van der Waals surface area contributed by atoms with Gasteiger partial charge in [-0.05, 0) is 42.7 Å². The minimum absolute atomic E-state index is 0.363. The van der Waals surface area contributed by atoms with Gasteiger partial charge in [-0.25, -0.2) is 4.98 Å². The molecule has 2 aliphatic rings. The first-order chi connectivity index (χ1) is 14.6. The number of nitrogens with one attached hydrogen (secondary N) is 1. The second-order valence-corrected chi connectivity index (χ2v) is 8.66. The first-order valence-corrected chi connectivity index (χ1v) is 10.7. The number of para-hydroxylation sites is 2. The number of nitrogens with zero attached hydrogens (tertiary/aromatic N) is 2. The van der Waals surface area contributed by atoms with Crippen LogP contribution in [0.4, 0.5) is 0 Å². The number of nitrogens with two attached hydrogens (primary N) is 1. The van der Waals surface area contributed by atoms with Crippen LogP contribution < -0.4 is 5.73 Å². The molecule has 2 heterocycles. The predicted octanol–water partition coefficient (Wildman–Crippen LogP) is 3.44. The number of piperidine rings is 1. The van der Waals surface area contributed by atoms with E-state index >= 15 is 0 Å². The molecule has 1 aliphatic carbocycles. The number of fused-ring (bicyclic) bond motifs is 3. The summed E-state index contributed by atoms with van der Waals surface area (Å²) in [6.45, 7) is 2.70. The van der Waals surface area contributed by atoms with Crippen molar-refractivity contribution in [1.82, 2.24) is 14.9 Å². The summed E-state index contributed by atoms with van der Waals surface area (Å²) < 4.78 is 6.31. The number of aromatic amines is 1. The van der Waals surface area contributed by atoms with Crippen molar-refractivity contribution in [3.8, 4) is 0 Å². The number of benzene rings is 2. The third-order valence-electron chi connectivity index (χ3n) is 7.02. The second kappa shape index (κ2) is 7.52. The SMILES string of the molecule is COC1(c2cccc(C(N)=O)c2)[C@@H]2CCC[C@H]1CN(Cc1nc3ccccc3[nH]1)C2. The zero-order valence-electron chi connectivity index (χ0n) is 17.3. The number of likely N-dealkylation sites (tertiary alicyclic amines) is 1. The molecule has 2 bridgehead atoms. The number of hydrogen-bond donors (Lipinski definition) is 2. The Balaban J connectivity index is 1.44. The lowest BCUT2D eigenvalue weighted by Gasteiger charge is -2.55. The summed E-state index contributed by atoms with van der Waals surface area (Å²) in [6.07, 6.45) is 3.44. The lowest BCUT2D eigenvalue weighted by atomic mass is 9.62. The van der Waals surface area contributed by atoms with Crippen LogP contribution in [-0.2, 0) is 16.9 Å². The molecular formula is C24H28N4O2. The fourth-order valence-electron chi connectivity index (χ4n) is 5.78. The quantitative estimate of drug-likeness (QED) is 0.682. The van der Waals surface area contributed by atoms with Crippen LogP contribution in [0.1, 0.15) is 41.0 Å². The van der Waals surface area contributed by atoms with Gasteiger partial charge in [-0.2, -0.15) is 0 Å². The van der Waals surface area contributed by atoms with Crippen LogP contribution in [0.3, 0.4) is 0 Å². The van der Waals surface area contributed by atoms with Crippen LogP contribution >= 0.6 is 0 Å². The standard InChI is InChI=1S/C24H28N4O2/c1-30-24(17-7-4-6-16(12-17)23(25)29)18-8-5-9-19(24)14-28(13-18)15-22-26-20-10-2-3-11-21(20)27-22/h2-4,6-7,10-12,18-19H,5,8-9,13-15H2,1H3,(H2,25,29)(H,26,27)/t18-,19+,24?. The molecule has 1 aliphatic heterocycles. The van der Waals surface area contributed by atoms with E-state index in [0.717, 1.165) is 54.9 Å². The lowest BCUT2D eigenvalue weighted by Crippen LogP contribution is -2.58. The van der Waals surface area contributed by atoms with Crippen LogP contribution in [0.25, 0.3) is 11.0 Å². The number of ether oxygens (including phenoxy) is 1. The Labute approximate surface area is 176 Å². The van der Waals surface area contributed by atoms with Crippen molar-refractivity contribution >= 4 is 16.9 Å².